The van der Waals surface area contributed by atoms with Gasteiger partial charge in [-0.3, -0.25) is 4.90 Å². The van der Waals surface area contributed by atoms with Crippen LogP contribution in [0.3, 0.4) is 0 Å². The Kier molecular flexibility index (Phi) is 5.25. The fraction of sp³-hybridized carbons (Fsp3) is 0.316. The van der Waals surface area contributed by atoms with E-state index in [9.17, 15) is 0 Å². The van der Waals surface area contributed by atoms with Crippen LogP contribution >= 0.6 is 0 Å². The highest BCUT2D eigenvalue weighted by atomic mass is 16.4. The summed E-state index contributed by atoms with van der Waals surface area (Å²) in [5, 5.41) is 20.6. The average molecular weight is 326 g/mol. The molecule has 0 bridgehead atoms. The van der Waals surface area contributed by atoms with Crippen molar-refractivity contribution in [1.82, 2.24) is 9.88 Å². The summed E-state index contributed by atoms with van der Waals surface area (Å²) in [4.78, 5) is 6.57. The van der Waals surface area contributed by atoms with Gasteiger partial charge in [0.1, 0.15) is 5.76 Å². The molecule has 2 aromatic carbocycles. The van der Waals surface area contributed by atoms with Crippen molar-refractivity contribution in [3.8, 4) is 11.5 Å². The first kappa shape index (κ1) is 16.6. The van der Waals surface area contributed by atoms with Crippen molar-refractivity contribution in [3.05, 3.63) is 53.9 Å². The van der Waals surface area contributed by atoms with E-state index >= 15 is 0 Å². The number of aliphatic hydroxyl groups excluding tert-OH is 2. The number of aromatic nitrogens is 1. The molecule has 5 nitrogen and oxygen atoms in total. The molecule has 3 aromatic rings. The summed E-state index contributed by atoms with van der Waals surface area (Å²) >= 11 is 0. The first-order valence-corrected chi connectivity index (χ1v) is 8.11. The Morgan fingerprint density at radius 2 is 1.71 bits per heavy atom. The van der Waals surface area contributed by atoms with Gasteiger partial charge in [-0.25, -0.2) is 4.98 Å². The molecular formula is C19H22N2O3. The molecule has 1 aromatic heterocycles. The summed E-state index contributed by atoms with van der Waals surface area (Å²) in [5.74, 6) is 1.36. The summed E-state index contributed by atoms with van der Waals surface area (Å²) in [5.41, 5.74) is 1.78. The zero-order chi connectivity index (χ0) is 16.9. The Labute approximate surface area is 141 Å². The molecule has 0 atom stereocenters. The minimum atomic E-state index is 0.0500. The first-order valence-electron chi connectivity index (χ1n) is 8.11. The van der Waals surface area contributed by atoms with Crippen molar-refractivity contribution in [1.29, 1.82) is 0 Å². The lowest BCUT2D eigenvalue weighted by Gasteiger charge is -2.18. The third-order valence-electron chi connectivity index (χ3n) is 4.09. The van der Waals surface area contributed by atoms with Gasteiger partial charge < -0.3 is 14.6 Å². The molecule has 0 aliphatic carbocycles. The van der Waals surface area contributed by atoms with Crippen LogP contribution in [0.15, 0.2) is 46.9 Å². The largest absolute Gasteiger partial charge is 0.441 e. The van der Waals surface area contributed by atoms with Crippen LogP contribution in [0.5, 0.6) is 0 Å². The van der Waals surface area contributed by atoms with Crippen molar-refractivity contribution in [2.24, 2.45) is 0 Å². The molecule has 2 N–H and O–H groups in total. The Morgan fingerprint density at radius 3 is 2.42 bits per heavy atom. The normalized spacial score (nSPS) is 11.5. The maximum Gasteiger partial charge on any atom is 0.226 e. The number of aryl methyl sites for hydroxylation is 1. The molecule has 5 heteroatoms. The lowest BCUT2D eigenvalue weighted by Crippen LogP contribution is -2.29. The van der Waals surface area contributed by atoms with Crippen molar-refractivity contribution < 1.29 is 14.6 Å². The van der Waals surface area contributed by atoms with Crippen LogP contribution in [-0.4, -0.2) is 46.4 Å². The number of hydrogen-bond acceptors (Lipinski definition) is 5. The van der Waals surface area contributed by atoms with E-state index in [1.54, 1.807) is 0 Å². The molecule has 126 valence electrons. The molecule has 3 rings (SSSR count). The lowest BCUT2D eigenvalue weighted by molar-refractivity contribution is 0.154. The average Bonchev–Trinajstić information content (AvgIpc) is 2.96. The fourth-order valence-corrected chi connectivity index (χ4v) is 2.79. The molecule has 0 amide bonds. The number of oxazole rings is 1. The Bertz CT molecular complexity index is 807. The van der Waals surface area contributed by atoms with E-state index in [1.807, 2.05) is 30.0 Å². The summed E-state index contributed by atoms with van der Waals surface area (Å²) in [6.07, 6.45) is 0. The predicted octanol–water partition coefficient (Wildman–Crippen LogP) is 2.59. The SMILES string of the molecule is Cc1oc(-c2ccc3ccccc3c2)nc1CN(CCO)CCO. The maximum atomic E-state index is 9.13. The van der Waals surface area contributed by atoms with Crippen molar-refractivity contribution >= 4 is 10.8 Å². The van der Waals surface area contributed by atoms with Crippen LogP contribution in [0.1, 0.15) is 11.5 Å². The van der Waals surface area contributed by atoms with Gasteiger partial charge in [0.05, 0.1) is 18.9 Å². The first-order chi connectivity index (χ1) is 11.7. The van der Waals surface area contributed by atoms with E-state index in [0.717, 1.165) is 22.4 Å². The Balaban J connectivity index is 1.86. The van der Waals surface area contributed by atoms with Crippen LogP contribution in [0.4, 0.5) is 0 Å². The second-order valence-electron chi connectivity index (χ2n) is 5.81. The van der Waals surface area contributed by atoms with Crippen molar-refractivity contribution in [3.63, 3.8) is 0 Å². The van der Waals surface area contributed by atoms with Crippen LogP contribution < -0.4 is 0 Å². The number of benzene rings is 2. The maximum absolute atomic E-state index is 9.13. The molecule has 0 aliphatic heterocycles. The van der Waals surface area contributed by atoms with Gasteiger partial charge in [0, 0.05) is 25.2 Å². The highest BCUT2D eigenvalue weighted by molar-refractivity contribution is 5.86. The molecule has 1 heterocycles. The molecule has 0 aliphatic rings. The van der Waals surface area contributed by atoms with Crippen LogP contribution in [-0.2, 0) is 6.54 Å². The molecule has 0 saturated heterocycles. The molecule has 0 fully saturated rings. The van der Waals surface area contributed by atoms with Gasteiger partial charge in [-0.05, 0) is 29.8 Å². The molecule has 0 unspecified atom stereocenters. The molecule has 0 spiro atoms. The van der Waals surface area contributed by atoms with E-state index in [4.69, 9.17) is 14.6 Å². The quantitative estimate of drug-likeness (QED) is 0.698. The zero-order valence-electron chi connectivity index (χ0n) is 13.8. The second kappa shape index (κ2) is 7.57. The lowest BCUT2D eigenvalue weighted by atomic mass is 10.1. The van der Waals surface area contributed by atoms with Gasteiger partial charge in [-0.1, -0.05) is 30.3 Å². The zero-order valence-corrected chi connectivity index (χ0v) is 13.8. The van der Waals surface area contributed by atoms with Crippen LogP contribution in [0.2, 0.25) is 0 Å². The van der Waals surface area contributed by atoms with Crippen LogP contribution in [0.25, 0.3) is 22.2 Å². The van der Waals surface area contributed by atoms with Crippen molar-refractivity contribution in [2.75, 3.05) is 26.3 Å². The Morgan fingerprint density at radius 1 is 1.00 bits per heavy atom. The van der Waals surface area contributed by atoms with E-state index in [1.165, 1.54) is 5.39 Å². The highest BCUT2D eigenvalue weighted by Crippen LogP contribution is 2.26. The third kappa shape index (κ3) is 3.64. The van der Waals surface area contributed by atoms with E-state index in [-0.39, 0.29) is 13.2 Å². The standard InChI is InChI=1S/C19H22N2O3/c1-14-18(13-21(8-10-22)9-11-23)20-19(24-14)17-7-6-15-4-2-3-5-16(15)12-17/h2-7,12,22-23H,8-11,13H2,1H3. The number of fused-ring (bicyclic) bond motifs is 1. The fourth-order valence-electron chi connectivity index (χ4n) is 2.79. The molecule has 0 radical (unpaired) electrons. The second-order valence-corrected chi connectivity index (χ2v) is 5.81. The number of nitrogens with zero attached hydrogens (tertiary/aromatic N) is 2. The summed E-state index contributed by atoms with van der Waals surface area (Å²) in [7, 11) is 0. The summed E-state index contributed by atoms with van der Waals surface area (Å²) in [6.45, 7) is 3.53. The van der Waals surface area contributed by atoms with Crippen molar-refractivity contribution in [2.45, 2.75) is 13.5 Å². The highest BCUT2D eigenvalue weighted by Gasteiger charge is 2.15. The number of rotatable bonds is 7. The smallest absolute Gasteiger partial charge is 0.226 e. The van der Waals surface area contributed by atoms with E-state index in [0.29, 0.717) is 25.5 Å². The summed E-state index contributed by atoms with van der Waals surface area (Å²) in [6, 6.07) is 14.3. The minimum Gasteiger partial charge on any atom is -0.441 e. The van der Waals surface area contributed by atoms with Gasteiger partial charge in [-0.15, -0.1) is 0 Å². The monoisotopic (exact) mass is 326 g/mol. The van der Waals surface area contributed by atoms with Gasteiger partial charge in [0.2, 0.25) is 5.89 Å². The van der Waals surface area contributed by atoms with Gasteiger partial charge in [0.25, 0.3) is 0 Å². The predicted molar refractivity (Wildman–Crippen MR) is 93.6 cm³/mol. The van der Waals surface area contributed by atoms with Gasteiger partial charge in [-0.2, -0.15) is 0 Å². The number of hydrogen-bond donors (Lipinski definition) is 2. The molecular weight excluding hydrogens is 304 g/mol. The van der Waals surface area contributed by atoms with E-state index < -0.39 is 0 Å². The van der Waals surface area contributed by atoms with Crippen LogP contribution in [0, 0.1) is 6.92 Å². The minimum absolute atomic E-state index is 0.0500. The third-order valence-corrected chi connectivity index (χ3v) is 4.09. The number of aliphatic hydroxyl groups is 2. The Hall–Kier alpha value is -2.21. The molecule has 0 saturated carbocycles. The van der Waals surface area contributed by atoms with Gasteiger partial charge >= 0.3 is 0 Å². The summed E-state index contributed by atoms with van der Waals surface area (Å²) < 4.78 is 5.84. The van der Waals surface area contributed by atoms with E-state index in [2.05, 4.69) is 29.2 Å². The molecule has 24 heavy (non-hydrogen) atoms. The topological polar surface area (TPSA) is 69.7 Å². The van der Waals surface area contributed by atoms with Gasteiger partial charge in [0.15, 0.2) is 0 Å².